The smallest absolute Gasteiger partial charge is 0.172 e. The predicted octanol–water partition coefficient (Wildman–Crippen LogP) is 4.02. The van der Waals surface area contributed by atoms with Gasteiger partial charge in [-0.25, -0.2) is 0 Å². The molecule has 5 aliphatic rings. The molecule has 1 spiro atoms. The third-order valence-electron chi connectivity index (χ3n) is 10.2. The Kier molecular flexibility index (Phi) is 5.00. The normalized spacial score (nSPS) is 49.5. The molecule has 1 saturated heterocycles. The lowest BCUT2D eigenvalue weighted by atomic mass is 9.48. The summed E-state index contributed by atoms with van der Waals surface area (Å²) < 4.78 is 17.6. The highest BCUT2D eigenvalue weighted by Gasteiger charge is 2.64. The van der Waals surface area contributed by atoms with Gasteiger partial charge in [0.05, 0.1) is 19.3 Å². The molecular weight excluding hydrogens is 380 g/mol. The Morgan fingerprint density at radius 1 is 1.13 bits per heavy atom. The van der Waals surface area contributed by atoms with E-state index in [9.17, 15) is 10.2 Å². The van der Waals surface area contributed by atoms with Crippen molar-refractivity contribution in [2.24, 2.45) is 34.5 Å². The summed E-state index contributed by atoms with van der Waals surface area (Å²) in [6.45, 7) is 7.90. The van der Waals surface area contributed by atoms with Gasteiger partial charge in [0.1, 0.15) is 0 Å². The Balaban J connectivity index is 1.47. The van der Waals surface area contributed by atoms with Gasteiger partial charge in [-0.15, -0.1) is 0 Å². The van der Waals surface area contributed by atoms with Gasteiger partial charge in [-0.1, -0.05) is 25.5 Å². The second kappa shape index (κ2) is 7.02. The minimum Gasteiger partial charge on any atom is -0.393 e. The number of fused-ring (bicyclic) bond motifs is 5. The molecule has 8 unspecified atom stereocenters. The van der Waals surface area contributed by atoms with Gasteiger partial charge in [0.2, 0.25) is 0 Å². The van der Waals surface area contributed by atoms with Crippen molar-refractivity contribution in [2.75, 3.05) is 20.3 Å². The summed E-state index contributed by atoms with van der Waals surface area (Å²) in [5.41, 5.74) is 1.36. The highest BCUT2D eigenvalue weighted by atomic mass is 16.7. The van der Waals surface area contributed by atoms with Crippen LogP contribution in [0.2, 0.25) is 0 Å². The summed E-state index contributed by atoms with van der Waals surface area (Å²) in [7, 11) is 1.60. The molecule has 0 bridgehead atoms. The first-order valence-electron chi connectivity index (χ1n) is 12.1. The van der Waals surface area contributed by atoms with Crippen molar-refractivity contribution >= 4 is 0 Å². The second-order valence-electron chi connectivity index (χ2n) is 11.5. The van der Waals surface area contributed by atoms with Crippen molar-refractivity contribution < 1.29 is 24.4 Å². The zero-order valence-electron chi connectivity index (χ0n) is 19.2. The lowest BCUT2D eigenvalue weighted by molar-refractivity contribution is -0.243. The van der Waals surface area contributed by atoms with Crippen LogP contribution >= 0.6 is 0 Å². The fourth-order valence-electron chi connectivity index (χ4n) is 8.74. The summed E-state index contributed by atoms with van der Waals surface area (Å²) in [6.07, 6.45) is 9.91. The van der Waals surface area contributed by atoms with Crippen molar-refractivity contribution in [3.05, 3.63) is 11.6 Å². The van der Waals surface area contributed by atoms with E-state index in [1.807, 2.05) is 0 Å². The zero-order valence-corrected chi connectivity index (χ0v) is 19.2. The molecule has 30 heavy (non-hydrogen) atoms. The number of aliphatic hydroxyl groups is 2. The molecule has 5 heteroatoms. The minimum absolute atomic E-state index is 0.00430. The Morgan fingerprint density at radius 3 is 2.57 bits per heavy atom. The second-order valence-corrected chi connectivity index (χ2v) is 11.5. The summed E-state index contributed by atoms with van der Waals surface area (Å²) in [4.78, 5) is 0. The number of hydrogen-bond donors (Lipinski definition) is 2. The van der Waals surface area contributed by atoms with Gasteiger partial charge in [0, 0.05) is 25.9 Å². The third kappa shape index (κ3) is 2.92. The molecule has 1 aliphatic heterocycles. The molecule has 0 amide bonds. The van der Waals surface area contributed by atoms with Crippen LogP contribution in [0.4, 0.5) is 0 Å². The Bertz CT molecular complexity index is 710. The van der Waals surface area contributed by atoms with Gasteiger partial charge in [0.25, 0.3) is 0 Å². The Hall–Kier alpha value is -0.460. The summed E-state index contributed by atoms with van der Waals surface area (Å²) in [6, 6.07) is 0. The van der Waals surface area contributed by atoms with E-state index in [1.165, 1.54) is 5.57 Å². The number of ether oxygens (including phenoxy) is 3. The van der Waals surface area contributed by atoms with E-state index in [2.05, 4.69) is 19.9 Å². The standard InChI is InChI=1S/C25H40O5/c1-22-10-11-25(29-12-13-30-25)14-16(22)6-5-7-17-18-8-9-20(24(3,27)28-4)23(18,2)15-19(26)21(17)22/h6,17-21,26-27H,5,7-15H2,1-4H3. The van der Waals surface area contributed by atoms with Gasteiger partial charge in [-0.05, 0) is 74.0 Å². The minimum atomic E-state index is -1.14. The monoisotopic (exact) mass is 420 g/mol. The quantitative estimate of drug-likeness (QED) is 0.522. The number of hydrogen-bond acceptors (Lipinski definition) is 5. The fraction of sp³-hybridized carbons (Fsp3) is 0.920. The first-order valence-corrected chi connectivity index (χ1v) is 12.1. The van der Waals surface area contributed by atoms with Gasteiger partial charge in [-0.2, -0.15) is 0 Å². The Labute approximate surface area is 181 Å². The first kappa shape index (κ1) is 21.4. The summed E-state index contributed by atoms with van der Waals surface area (Å²) in [5.74, 6) is -0.216. The van der Waals surface area contributed by atoms with Gasteiger partial charge < -0.3 is 24.4 Å². The highest BCUT2D eigenvalue weighted by molar-refractivity contribution is 5.26. The number of aliphatic hydroxyl groups excluding tert-OH is 1. The molecular formula is C25H40O5. The molecule has 4 aliphatic carbocycles. The molecule has 0 aromatic rings. The van der Waals surface area contributed by atoms with Crippen LogP contribution in [-0.2, 0) is 14.2 Å². The van der Waals surface area contributed by atoms with E-state index in [-0.39, 0.29) is 28.8 Å². The molecule has 4 fully saturated rings. The van der Waals surface area contributed by atoms with Crippen LogP contribution in [0.3, 0.4) is 0 Å². The fourth-order valence-corrected chi connectivity index (χ4v) is 8.74. The van der Waals surface area contributed by atoms with E-state index < -0.39 is 11.6 Å². The van der Waals surface area contributed by atoms with E-state index in [0.717, 1.165) is 51.4 Å². The molecule has 170 valence electrons. The lowest BCUT2D eigenvalue weighted by Gasteiger charge is -2.58. The molecule has 1 heterocycles. The largest absolute Gasteiger partial charge is 0.393 e. The topological polar surface area (TPSA) is 68.2 Å². The van der Waals surface area contributed by atoms with Crippen LogP contribution in [0.15, 0.2) is 11.6 Å². The average molecular weight is 421 g/mol. The third-order valence-corrected chi connectivity index (χ3v) is 10.2. The zero-order chi connectivity index (χ0) is 21.4. The summed E-state index contributed by atoms with van der Waals surface area (Å²) >= 11 is 0. The van der Waals surface area contributed by atoms with Crippen molar-refractivity contribution in [1.29, 1.82) is 0 Å². The number of rotatable bonds is 2. The van der Waals surface area contributed by atoms with Crippen LogP contribution in [-0.4, -0.2) is 48.2 Å². The maximum absolute atomic E-state index is 11.6. The van der Waals surface area contributed by atoms with Crippen molar-refractivity contribution in [3.63, 3.8) is 0 Å². The van der Waals surface area contributed by atoms with Crippen LogP contribution in [0.25, 0.3) is 0 Å². The molecule has 0 radical (unpaired) electrons. The van der Waals surface area contributed by atoms with E-state index >= 15 is 0 Å². The SMILES string of the molecule is COC(C)(O)C1CCC2C3CCC=C4CC5(CCC4(C)C3C(O)CC21C)OCCO5. The number of methoxy groups -OCH3 is 1. The van der Waals surface area contributed by atoms with E-state index in [1.54, 1.807) is 14.0 Å². The van der Waals surface area contributed by atoms with Gasteiger partial charge in [0.15, 0.2) is 11.6 Å². The first-order chi connectivity index (χ1) is 14.2. The lowest BCUT2D eigenvalue weighted by Crippen LogP contribution is -2.57. The highest BCUT2D eigenvalue weighted by Crippen LogP contribution is 2.67. The molecule has 5 nitrogen and oxygen atoms in total. The van der Waals surface area contributed by atoms with Gasteiger partial charge in [-0.3, -0.25) is 0 Å². The van der Waals surface area contributed by atoms with Crippen LogP contribution in [0.1, 0.15) is 72.1 Å². The predicted molar refractivity (Wildman–Crippen MR) is 113 cm³/mol. The van der Waals surface area contributed by atoms with E-state index in [4.69, 9.17) is 14.2 Å². The van der Waals surface area contributed by atoms with Crippen molar-refractivity contribution in [1.82, 2.24) is 0 Å². The van der Waals surface area contributed by atoms with E-state index in [0.29, 0.717) is 25.0 Å². The van der Waals surface area contributed by atoms with Crippen molar-refractivity contribution in [2.45, 2.75) is 89.8 Å². The van der Waals surface area contributed by atoms with Crippen molar-refractivity contribution in [3.8, 4) is 0 Å². The van der Waals surface area contributed by atoms with Crippen LogP contribution in [0, 0.1) is 34.5 Å². The van der Waals surface area contributed by atoms with Crippen LogP contribution < -0.4 is 0 Å². The summed E-state index contributed by atoms with van der Waals surface area (Å²) in [5, 5.41) is 22.6. The molecule has 8 atom stereocenters. The van der Waals surface area contributed by atoms with Gasteiger partial charge >= 0.3 is 0 Å². The maximum atomic E-state index is 11.6. The average Bonchev–Trinajstić information content (AvgIpc) is 3.25. The molecule has 0 aromatic heterocycles. The molecule has 3 saturated carbocycles. The maximum Gasteiger partial charge on any atom is 0.172 e. The molecule has 5 rings (SSSR count). The molecule has 0 aromatic carbocycles. The number of allylic oxidation sites excluding steroid dienone is 1. The van der Waals surface area contributed by atoms with Crippen LogP contribution in [0.5, 0.6) is 0 Å². The molecule has 2 N–H and O–H groups in total. The Morgan fingerprint density at radius 2 is 1.87 bits per heavy atom.